The summed E-state index contributed by atoms with van der Waals surface area (Å²) in [6.45, 7) is 1.51. The number of nitrogen functional groups attached to an aromatic ring is 1. The van der Waals surface area contributed by atoms with E-state index in [1.54, 1.807) is 6.07 Å². The average Bonchev–Trinajstić information content (AvgIpc) is 2.33. The lowest BCUT2D eigenvalue weighted by molar-refractivity contribution is 0.598. The SMILES string of the molecule is Cc1cc(F)ccc1S(=O)(=O)Nc1cc(Cl)ccc1N. The lowest BCUT2D eigenvalue weighted by Gasteiger charge is -2.12. The quantitative estimate of drug-likeness (QED) is 0.855. The summed E-state index contributed by atoms with van der Waals surface area (Å²) in [6.07, 6.45) is 0. The number of nitrogens with two attached hydrogens (primary N) is 1. The number of benzene rings is 2. The highest BCUT2D eigenvalue weighted by Gasteiger charge is 2.18. The molecule has 106 valence electrons. The molecule has 0 heterocycles. The third kappa shape index (κ3) is 3.02. The summed E-state index contributed by atoms with van der Waals surface area (Å²) in [5, 5.41) is 0.354. The van der Waals surface area contributed by atoms with Crippen LogP contribution in [0.3, 0.4) is 0 Å². The Morgan fingerprint density at radius 1 is 1.20 bits per heavy atom. The molecular formula is C13H12ClFN2O2S. The maximum Gasteiger partial charge on any atom is 0.262 e. The van der Waals surface area contributed by atoms with E-state index in [0.717, 1.165) is 12.1 Å². The van der Waals surface area contributed by atoms with E-state index in [2.05, 4.69) is 4.72 Å². The zero-order valence-electron chi connectivity index (χ0n) is 10.5. The number of hydrogen-bond donors (Lipinski definition) is 2. The largest absolute Gasteiger partial charge is 0.397 e. The minimum atomic E-state index is -3.86. The van der Waals surface area contributed by atoms with Crippen LogP contribution < -0.4 is 10.5 Å². The second-order valence-electron chi connectivity index (χ2n) is 4.25. The van der Waals surface area contributed by atoms with Gasteiger partial charge in [0.1, 0.15) is 5.82 Å². The Labute approximate surface area is 121 Å². The van der Waals surface area contributed by atoms with Crippen molar-refractivity contribution in [2.75, 3.05) is 10.5 Å². The van der Waals surface area contributed by atoms with Crippen molar-refractivity contribution in [1.82, 2.24) is 0 Å². The second kappa shape index (κ2) is 5.30. The molecule has 4 nitrogen and oxygen atoms in total. The second-order valence-corrected chi connectivity index (χ2v) is 6.33. The first-order valence-corrected chi connectivity index (χ1v) is 7.50. The van der Waals surface area contributed by atoms with Gasteiger partial charge in [-0.05, 0) is 48.9 Å². The molecule has 0 bridgehead atoms. The molecule has 0 radical (unpaired) electrons. The number of anilines is 2. The van der Waals surface area contributed by atoms with Crippen LogP contribution in [0.15, 0.2) is 41.3 Å². The fraction of sp³-hybridized carbons (Fsp3) is 0.0769. The molecular weight excluding hydrogens is 303 g/mol. The molecule has 2 aromatic rings. The summed E-state index contributed by atoms with van der Waals surface area (Å²) in [6, 6.07) is 7.90. The summed E-state index contributed by atoms with van der Waals surface area (Å²) >= 11 is 5.80. The molecule has 0 aliphatic heterocycles. The first-order valence-electron chi connectivity index (χ1n) is 5.63. The van der Waals surface area contributed by atoms with Crippen molar-refractivity contribution >= 4 is 33.0 Å². The van der Waals surface area contributed by atoms with Crippen LogP contribution in [0.2, 0.25) is 5.02 Å². The van der Waals surface area contributed by atoms with Crippen molar-refractivity contribution in [3.8, 4) is 0 Å². The molecule has 0 amide bonds. The van der Waals surface area contributed by atoms with E-state index in [-0.39, 0.29) is 16.3 Å². The van der Waals surface area contributed by atoms with Gasteiger partial charge in [-0.15, -0.1) is 0 Å². The van der Waals surface area contributed by atoms with Crippen LogP contribution in [0.25, 0.3) is 0 Å². The molecule has 0 aromatic heterocycles. The Bertz CT molecular complexity index is 763. The van der Waals surface area contributed by atoms with Crippen LogP contribution in [0.1, 0.15) is 5.56 Å². The van der Waals surface area contributed by atoms with Crippen LogP contribution in [0, 0.1) is 12.7 Å². The number of nitrogens with one attached hydrogen (secondary N) is 1. The highest BCUT2D eigenvalue weighted by molar-refractivity contribution is 7.92. The van der Waals surface area contributed by atoms with Crippen molar-refractivity contribution in [2.24, 2.45) is 0 Å². The lowest BCUT2D eigenvalue weighted by Crippen LogP contribution is -2.15. The molecule has 3 N–H and O–H groups in total. The molecule has 2 rings (SSSR count). The van der Waals surface area contributed by atoms with Gasteiger partial charge in [0.2, 0.25) is 0 Å². The van der Waals surface area contributed by atoms with E-state index in [4.69, 9.17) is 17.3 Å². The molecule has 0 aliphatic carbocycles. The topological polar surface area (TPSA) is 72.2 Å². The Hall–Kier alpha value is -1.79. The van der Waals surface area contributed by atoms with Gasteiger partial charge in [0.25, 0.3) is 10.0 Å². The zero-order chi connectivity index (χ0) is 14.9. The molecule has 0 spiro atoms. The summed E-state index contributed by atoms with van der Waals surface area (Å²) < 4.78 is 39.9. The van der Waals surface area contributed by atoms with Gasteiger partial charge < -0.3 is 5.73 Å². The van der Waals surface area contributed by atoms with Crippen LogP contribution >= 0.6 is 11.6 Å². The van der Waals surface area contributed by atoms with Gasteiger partial charge in [-0.3, -0.25) is 4.72 Å². The van der Waals surface area contributed by atoms with Gasteiger partial charge >= 0.3 is 0 Å². The standard InChI is InChI=1S/C13H12ClFN2O2S/c1-8-6-10(15)3-5-13(8)20(18,19)17-12-7-9(14)2-4-11(12)16/h2-7,17H,16H2,1H3. The predicted molar refractivity (Wildman–Crippen MR) is 77.8 cm³/mol. The summed E-state index contributed by atoms with van der Waals surface area (Å²) in [5.74, 6) is -0.497. The van der Waals surface area contributed by atoms with E-state index in [9.17, 15) is 12.8 Å². The van der Waals surface area contributed by atoms with E-state index >= 15 is 0 Å². The first-order chi connectivity index (χ1) is 9.29. The molecule has 0 aliphatic rings. The smallest absolute Gasteiger partial charge is 0.262 e. The maximum absolute atomic E-state index is 13.0. The fourth-order valence-corrected chi connectivity index (χ4v) is 3.21. The van der Waals surface area contributed by atoms with Crippen molar-refractivity contribution < 1.29 is 12.8 Å². The number of aryl methyl sites for hydroxylation is 1. The Morgan fingerprint density at radius 3 is 2.55 bits per heavy atom. The predicted octanol–water partition coefficient (Wildman–Crippen LogP) is 3.17. The number of sulfonamides is 1. The zero-order valence-corrected chi connectivity index (χ0v) is 12.1. The highest BCUT2D eigenvalue weighted by Crippen LogP contribution is 2.26. The monoisotopic (exact) mass is 314 g/mol. The molecule has 0 fully saturated rings. The molecule has 0 saturated carbocycles. The average molecular weight is 315 g/mol. The van der Waals surface area contributed by atoms with Crippen molar-refractivity contribution in [3.05, 3.63) is 52.8 Å². The van der Waals surface area contributed by atoms with Crippen LogP contribution in [-0.2, 0) is 10.0 Å². The van der Waals surface area contributed by atoms with Crippen molar-refractivity contribution in [2.45, 2.75) is 11.8 Å². The van der Waals surface area contributed by atoms with Crippen LogP contribution in [-0.4, -0.2) is 8.42 Å². The van der Waals surface area contributed by atoms with E-state index in [1.807, 2.05) is 0 Å². The molecule has 0 saturated heterocycles. The molecule has 7 heteroatoms. The third-order valence-electron chi connectivity index (χ3n) is 2.69. The Kier molecular flexibility index (Phi) is 3.87. The summed E-state index contributed by atoms with van der Waals surface area (Å²) in [7, 11) is -3.86. The molecule has 2 aromatic carbocycles. The Balaban J connectivity index is 2.43. The summed E-state index contributed by atoms with van der Waals surface area (Å²) in [5.41, 5.74) is 6.42. The Morgan fingerprint density at radius 2 is 1.90 bits per heavy atom. The lowest BCUT2D eigenvalue weighted by atomic mass is 10.2. The van der Waals surface area contributed by atoms with E-state index in [1.165, 1.54) is 25.1 Å². The first kappa shape index (κ1) is 14.6. The van der Waals surface area contributed by atoms with E-state index < -0.39 is 15.8 Å². The highest BCUT2D eigenvalue weighted by atomic mass is 35.5. The summed E-state index contributed by atoms with van der Waals surface area (Å²) in [4.78, 5) is -0.0155. The minimum Gasteiger partial charge on any atom is -0.397 e. The molecule has 20 heavy (non-hydrogen) atoms. The molecule has 0 atom stereocenters. The number of halogens is 2. The minimum absolute atomic E-state index is 0.0155. The van der Waals surface area contributed by atoms with Gasteiger partial charge in [0, 0.05) is 5.02 Å². The van der Waals surface area contributed by atoms with Gasteiger partial charge in [-0.1, -0.05) is 11.6 Å². The number of hydrogen-bond acceptors (Lipinski definition) is 3. The molecule has 0 unspecified atom stereocenters. The third-order valence-corrected chi connectivity index (χ3v) is 4.45. The fourth-order valence-electron chi connectivity index (χ4n) is 1.73. The maximum atomic E-state index is 13.0. The van der Waals surface area contributed by atoms with Crippen molar-refractivity contribution in [3.63, 3.8) is 0 Å². The van der Waals surface area contributed by atoms with Crippen molar-refractivity contribution in [1.29, 1.82) is 0 Å². The van der Waals surface area contributed by atoms with Crippen LogP contribution in [0.5, 0.6) is 0 Å². The van der Waals surface area contributed by atoms with Crippen LogP contribution in [0.4, 0.5) is 15.8 Å². The van der Waals surface area contributed by atoms with Gasteiger partial charge in [-0.25, -0.2) is 12.8 Å². The van der Waals surface area contributed by atoms with Gasteiger partial charge in [0.05, 0.1) is 16.3 Å². The normalized spacial score (nSPS) is 11.3. The number of rotatable bonds is 3. The van der Waals surface area contributed by atoms with E-state index in [0.29, 0.717) is 10.6 Å². The van der Waals surface area contributed by atoms with Gasteiger partial charge in [0.15, 0.2) is 0 Å². The van der Waals surface area contributed by atoms with Gasteiger partial charge in [-0.2, -0.15) is 0 Å².